The third kappa shape index (κ3) is 3.89. The summed E-state index contributed by atoms with van der Waals surface area (Å²) >= 11 is 2.02. The maximum atomic E-state index is 12.2. The average molecular weight is 270 g/mol. The van der Waals surface area contributed by atoms with E-state index in [4.69, 9.17) is 5.73 Å². The van der Waals surface area contributed by atoms with Crippen LogP contribution in [0.15, 0.2) is 0 Å². The van der Waals surface area contributed by atoms with Crippen LogP contribution in [-0.4, -0.2) is 30.0 Å². The summed E-state index contributed by atoms with van der Waals surface area (Å²) in [7, 11) is 0. The van der Waals surface area contributed by atoms with Gasteiger partial charge in [-0.2, -0.15) is 11.8 Å². The summed E-state index contributed by atoms with van der Waals surface area (Å²) < 4.78 is 0. The Morgan fingerprint density at radius 3 is 2.67 bits per heavy atom. The number of nitrogens with two attached hydrogens (primary N) is 1. The highest BCUT2D eigenvalue weighted by Crippen LogP contribution is 2.30. The Hall–Kier alpha value is -0.220. The Morgan fingerprint density at radius 2 is 1.94 bits per heavy atom. The van der Waals surface area contributed by atoms with Crippen LogP contribution in [-0.2, 0) is 4.79 Å². The van der Waals surface area contributed by atoms with Crippen molar-refractivity contribution < 1.29 is 4.79 Å². The molecule has 104 valence electrons. The fourth-order valence-corrected chi connectivity index (χ4v) is 4.39. The first-order valence-corrected chi connectivity index (χ1v) is 8.45. The van der Waals surface area contributed by atoms with Gasteiger partial charge in [0.1, 0.15) is 0 Å². The van der Waals surface area contributed by atoms with Gasteiger partial charge in [0.05, 0.1) is 0 Å². The highest BCUT2D eigenvalue weighted by atomic mass is 32.2. The smallest absolute Gasteiger partial charge is 0.223 e. The molecule has 2 fully saturated rings. The van der Waals surface area contributed by atoms with Crippen molar-refractivity contribution in [3.05, 3.63) is 0 Å². The van der Waals surface area contributed by atoms with Gasteiger partial charge in [-0.3, -0.25) is 4.79 Å². The van der Waals surface area contributed by atoms with E-state index in [1.807, 2.05) is 11.8 Å². The van der Waals surface area contributed by atoms with Gasteiger partial charge in [0.2, 0.25) is 5.91 Å². The Kier molecular flexibility index (Phi) is 5.83. The first-order chi connectivity index (χ1) is 8.81. The minimum absolute atomic E-state index is 0.178. The monoisotopic (exact) mass is 270 g/mol. The van der Waals surface area contributed by atoms with Gasteiger partial charge in [0.25, 0.3) is 0 Å². The molecule has 1 aliphatic carbocycles. The van der Waals surface area contributed by atoms with Gasteiger partial charge in [0.15, 0.2) is 0 Å². The van der Waals surface area contributed by atoms with Crippen LogP contribution in [0.3, 0.4) is 0 Å². The molecule has 0 aromatic carbocycles. The molecule has 0 spiro atoms. The lowest BCUT2D eigenvalue weighted by Gasteiger charge is -2.30. The Labute approximate surface area is 115 Å². The molecule has 3 nitrogen and oxygen atoms in total. The fraction of sp³-hybridized carbons (Fsp3) is 0.929. The molecule has 18 heavy (non-hydrogen) atoms. The summed E-state index contributed by atoms with van der Waals surface area (Å²) in [6.07, 6.45) is 8.51. The fourth-order valence-electron chi connectivity index (χ4n) is 3.15. The number of amides is 1. The van der Waals surface area contributed by atoms with E-state index in [9.17, 15) is 4.79 Å². The minimum Gasteiger partial charge on any atom is -0.355 e. The van der Waals surface area contributed by atoms with Crippen molar-refractivity contribution in [2.24, 2.45) is 17.6 Å². The van der Waals surface area contributed by atoms with Crippen molar-refractivity contribution in [3.8, 4) is 0 Å². The van der Waals surface area contributed by atoms with E-state index in [0.29, 0.717) is 17.7 Å². The van der Waals surface area contributed by atoms with Gasteiger partial charge >= 0.3 is 0 Å². The van der Waals surface area contributed by atoms with E-state index >= 15 is 0 Å². The van der Waals surface area contributed by atoms with Crippen LogP contribution >= 0.6 is 11.8 Å². The zero-order valence-electron chi connectivity index (χ0n) is 11.2. The number of rotatable bonds is 4. The molecule has 1 saturated carbocycles. The summed E-state index contributed by atoms with van der Waals surface area (Å²) in [4.78, 5) is 12.2. The van der Waals surface area contributed by atoms with Gasteiger partial charge in [-0.15, -0.1) is 0 Å². The van der Waals surface area contributed by atoms with Crippen molar-refractivity contribution in [3.63, 3.8) is 0 Å². The average Bonchev–Trinajstić information content (AvgIpc) is 2.45. The molecule has 2 aliphatic rings. The highest BCUT2D eigenvalue weighted by Gasteiger charge is 2.30. The second-order valence-electron chi connectivity index (χ2n) is 5.62. The third-order valence-electron chi connectivity index (χ3n) is 4.33. The Balaban J connectivity index is 1.75. The first kappa shape index (κ1) is 14.2. The molecule has 0 aromatic heterocycles. The summed E-state index contributed by atoms with van der Waals surface area (Å²) in [5.41, 5.74) is 5.79. The van der Waals surface area contributed by atoms with E-state index in [0.717, 1.165) is 19.4 Å². The van der Waals surface area contributed by atoms with Crippen molar-refractivity contribution >= 4 is 17.7 Å². The van der Waals surface area contributed by atoms with E-state index in [2.05, 4.69) is 5.32 Å². The topological polar surface area (TPSA) is 55.1 Å². The number of thioether (sulfide) groups is 1. The second kappa shape index (κ2) is 7.39. The van der Waals surface area contributed by atoms with Gasteiger partial charge in [-0.25, -0.2) is 0 Å². The molecule has 4 heteroatoms. The molecule has 1 aliphatic heterocycles. The van der Waals surface area contributed by atoms with Crippen LogP contribution in [0.2, 0.25) is 0 Å². The summed E-state index contributed by atoms with van der Waals surface area (Å²) in [6, 6.07) is 0. The molecule has 3 atom stereocenters. The maximum absolute atomic E-state index is 12.2. The number of hydrogen-bond acceptors (Lipinski definition) is 3. The van der Waals surface area contributed by atoms with Crippen LogP contribution in [0, 0.1) is 11.8 Å². The Morgan fingerprint density at radius 1 is 1.17 bits per heavy atom. The third-order valence-corrected chi connectivity index (χ3v) is 5.72. The molecule has 2 rings (SSSR count). The highest BCUT2D eigenvalue weighted by molar-refractivity contribution is 7.99. The first-order valence-electron chi connectivity index (χ1n) is 7.40. The molecule has 1 amide bonds. The van der Waals surface area contributed by atoms with Gasteiger partial charge in [0, 0.05) is 17.7 Å². The van der Waals surface area contributed by atoms with Crippen LogP contribution in [0.1, 0.15) is 44.9 Å². The second-order valence-corrected chi connectivity index (χ2v) is 7.03. The van der Waals surface area contributed by atoms with Crippen LogP contribution < -0.4 is 11.1 Å². The minimum atomic E-state index is 0.178. The maximum Gasteiger partial charge on any atom is 0.223 e. The molecule has 3 unspecified atom stereocenters. The Bertz CT molecular complexity index is 267. The number of nitrogens with one attached hydrogen (secondary N) is 1. The van der Waals surface area contributed by atoms with Crippen LogP contribution in [0.4, 0.5) is 0 Å². The van der Waals surface area contributed by atoms with Crippen molar-refractivity contribution in [1.82, 2.24) is 5.32 Å². The summed E-state index contributed by atoms with van der Waals surface area (Å²) in [6.45, 7) is 1.52. The molecule has 3 N–H and O–H groups in total. The lowest BCUT2D eigenvalue weighted by molar-refractivity contribution is -0.127. The van der Waals surface area contributed by atoms with Gasteiger partial charge in [-0.05, 0) is 43.9 Å². The van der Waals surface area contributed by atoms with Crippen molar-refractivity contribution in [2.75, 3.05) is 18.8 Å². The number of carbonyl (C=O) groups is 1. The van der Waals surface area contributed by atoms with Crippen molar-refractivity contribution in [2.45, 2.75) is 50.2 Å². The summed E-state index contributed by atoms with van der Waals surface area (Å²) in [5.74, 6) is 2.11. The summed E-state index contributed by atoms with van der Waals surface area (Å²) in [5, 5.41) is 3.81. The van der Waals surface area contributed by atoms with Crippen LogP contribution in [0.25, 0.3) is 0 Å². The molecular weight excluding hydrogens is 244 g/mol. The molecule has 0 radical (unpaired) electrons. The van der Waals surface area contributed by atoms with E-state index in [1.54, 1.807) is 0 Å². The van der Waals surface area contributed by atoms with Gasteiger partial charge < -0.3 is 11.1 Å². The van der Waals surface area contributed by atoms with Crippen molar-refractivity contribution in [1.29, 1.82) is 0 Å². The molecule has 0 bridgehead atoms. The standard InChI is InChI=1S/C14H26N2OS/c15-9-11-5-1-2-7-13(11)14(17)16-10-12-6-3-4-8-18-12/h11-13H,1-10,15H2,(H,16,17). The van der Waals surface area contributed by atoms with Crippen LogP contribution in [0.5, 0.6) is 0 Å². The molecule has 1 heterocycles. The zero-order valence-corrected chi connectivity index (χ0v) is 12.0. The van der Waals surface area contributed by atoms with E-state index in [-0.39, 0.29) is 11.8 Å². The lowest BCUT2D eigenvalue weighted by Crippen LogP contribution is -2.41. The SMILES string of the molecule is NCC1CCCCC1C(=O)NCC1CCCCS1. The van der Waals surface area contributed by atoms with Gasteiger partial charge in [-0.1, -0.05) is 19.3 Å². The lowest BCUT2D eigenvalue weighted by atomic mass is 9.79. The largest absolute Gasteiger partial charge is 0.355 e. The quantitative estimate of drug-likeness (QED) is 0.823. The normalized spacial score (nSPS) is 33.1. The molecule has 0 aromatic rings. The molecule has 1 saturated heterocycles. The van der Waals surface area contributed by atoms with E-state index < -0.39 is 0 Å². The number of hydrogen-bond donors (Lipinski definition) is 2. The molecular formula is C14H26N2OS. The number of carbonyl (C=O) groups excluding carboxylic acids is 1. The van der Waals surface area contributed by atoms with E-state index in [1.165, 1.54) is 37.9 Å². The predicted molar refractivity (Wildman–Crippen MR) is 77.6 cm³/mol. The zero-order chi connectivity index (χ0) is 12.8. The predicted octanol–water partition coefficient (Wildman–Crippen LogP) is 2.15.